The Hall–Kier alpha value is -1.05. The van der Waals surface area contributed by atoms with Crippen LogP contribution in [0.1, 0.15) is 0 Å². The largest absolute Gasteiger partial charge is 0.257 e. The summed E-state index contributed by atoms with van der Waals surface area (Å²) in [6.07, 6.45) is 0. The second kappa shape index (κ2) is 3.36. The van der Waals surface area contributed by atoms with E-state index >= 15 is 0 Å². The number of hydrogen-bond acceptors (Lipinski definition) is 3. The summed E-state index contributed by atoms with van der Waals surface area (Å²) in [6, 6.07) is 2.16. The first kappa shape index (κ1) is 10.0. The third-order valence-corrected chi connectivity index (χ3v) is 2.54. The van der Waals surface area contributed by atoms with Gasteiger partial charge in [-0.05, 0) is 18.2 Å². The Morgan fingerprint density at radius 3 is 2.31 bits per heavy atom. The van der Waals surface area contributed by atoms with Gasteiger partial charge < -0.3 is 0 Å². The molecule has 0 saturated carbocycles. The fraction of sp³-hybridized carbons (Fsp3) is 0. The number of benzene rings is 1. The van der Waals surface area contributed by atoms with Crippen LogP contribution in [0.15, 0.2) is 23.1 Å². The predicted molar refractivity (Wildman–Crippen MR) is 40.9 cm³/mol. The van der Waals surface area contributed by atoms with Gasteiger partial charge in [0.25, 0.3) is 10.0 Å². The van der Waals surface area contributed by atoms with Crippen molar-refractivity contribution < 1.29 is 17.2 Å². The second-order valence-electron chi connectivity index (χ2n) is 2.20. The van der Waals surface area contributed by atoms with E-state index in [1.165, 1.54) is 4.83 Å². The molecule has 0 saturated heterocycles. The molecule has 1 aromatic carbocycles. The number of sulfonamides is 1. The smallest absolute Gasteiger partial charge is 0.253 e. The summed E-state index contributed by atoms with van der Waals surface area (Å²) in [4.78, 5) is 1.07. The molecule has 0 aromatic heterocycles. The molecule has 0 amide bonds. The second-order valence-corrected chi connectivity index (χ2v) is 3.91. The quantitative estimate of drug-likeness (QED) is 0.535. The zero-order valence-electron chi connectivity index (χ0n) is 6.29. The first-order chi connectivity index (χ1) is 5.97. The normalized spacial score (nSPS) is 11.6. The summed E-state index contributed by atoms with van der Waals surface area (Å²) in [7, 11) is -3.92. The zero-order chi connectivity index (χ0) is 10.1. The van der Waals surface area contributed by atoms with Crippen LogP contribution in [0.25, 0.3) is 0 Å². The van der Waals surface area contributed by atoms with Gasteiger partial charge in [0.15, 0.2) is 11.6 Å². The highest BCUT2D eigenvalue weighted by atomic mass is 32.2. The maximum atomic E-state index is 12.5. The molecule has 0 aliphatic heterocycles. The Kier molecular flexibility index (Phi) is 2.60. The van der Waals surface area contributed by atoms with E-state index in [9.17, 15) is 17.2 Å². The molecular weight excluding hydrogens is 202 g/mol. The van der Waals surface area contributed by atoms with E-state index in [0.717, 1.165) is 6.07 Å². The number of nitrogens with two attached hydrogens (primary N) is 1. The van der Waals surface area contributed by atoms with Gasteiger partial charge in [-0.3, -0.25) is 5.84 Å². The summed E-state index contributed by atoms with van der Waals surface area (Å²) < 4.78 is 46.8. The summed E-state index contributed by atoms with van der Waals surface area (Å²) in [5, 5.41) is 0. The van der Waals surface area contributed by atoms with Gasteiger partial charge in [0.2, 0.25) is 0 Å². The van der Waals surface area contributed by atoms with Gasteiger partial charge >= 0.3 is 0 Å². The first-order valence-electron chi connectivity index (χ1n) is 3.15. The average Bonchev–Trinajstić information content (AvgIpc) is 2.09. The van der Waals surface area contributed by atoms with Gasteiger partial charge in [0.05, 0.1) is 4.90 Å². The topological polar surface area (TPSA) is 72.2 Å². The SMILES string of the molecule is NNS(=O)(=O)c1ccc(F)c(F)c1. The molecule has 0 atom stereocenters. The maximum absolute atomic E-state index is 12.5. The van der Waals surface area contributed by atoms with Crippen molar-refractivity contribution in [2.45, 2.75) is 4.90 Å². The van der Waals surface area contributed by atoms with Crippen molar-refractivity contribution in [3.8, 4) is 0 Å². The highest BCUT2D eigenvalue weighted by Gasteiger charge is 2.13. The van der Waals surface area contributed by atoms with Crippen LogP contribution in [0.3, 0.4) is 0 Å². The standard InChI is InChI=1S/C6H6F2N2O2S/c7-5-2-1-4(3-6(5)8)13(11,12)10-9/h1-3,10H,9H2. The lowest BCUT2D eigenvalue weighted by Crippen LogP contribution is -2.30. The highest BCUT2D eigenvalue weighted by molar-refractivity contribution is 7.89. The lowest BCUT2D eigenvalue weighted by atomic mass is 10.3. The Bertz CT molecular complexity index is 419. The van der Waals surface area contributed by atoms with Crippen LogP contribution in [0.2, 0.25) is 0 Å². The van der Waals surface area contributed by atoms with Crippen LogP contribution in [0.4, 0.5) is 8.78 Å². The maximum Gasteiger partial charge on any atom is 0.253 e. The Balaban J connectivity index is 3.27. The van der Waals surface area contributed by atoms with Gasteiger partial charge in [-0.2, -0.15) is 4.83 Å². The summed E-state index contributed by atoms with van der Waals surface area (Å²) in [6.45, 7) is 0. The number of rotatable bonds is 2. The van der Waals surface area contributed by atoms with Gasteiger partial charge in [-0.1, -0.05) is 0 Å². The molecule has 0 unspecified atom stereocenters. The molecule has 0 bridgehead atoms. The third kappa shape index (κ3) is 2.00. The summed E-state index contributed by atoms with van der Waals surface area (Å²) in [5.74, 6) is 2.32. The Morgan fingerprint density at radius 2 is 1.85 bits per heavy atom. The molecule has 0 aliphatic rings. The first-order valence-corrected chi connectivity index (χ1v) is 4.63. The summed E-state index contributed by atoms with van der Waals surface area (Å²) >= 11 is 0. The van der Waals surface area contributed by atoms with E-state index < -0.39 is 26.6 Å². The Labute approximate surface area is 73.4 Å². The number of hydrogen-bond donors (Lipinski definition) is 2. The minimum absolute atomic E-state index is 0.422. The zero-order valence-corrected chi connectivity index (χ0v) is 7.11. The fourth-order valence-corrected chi connectivity index (χ4v) is 1.35. The molecular formula is C6H6F2N2O2S. The molecule has 1 aromatic rings. The number of nitrogens with one attached hydrogen (secondary N) is 1. The third-order valence-electron chi connectivity index (χ3n) is 1.36. The molecule has 0 radical (unpaired) electrons. The highest BCUT2D eigenvalue weighted by Crippen LogP contribution is 2.12. The van der Waals surface area contributed by atoms with Crippen molar-refractivity contribution in [2.24, 2.45) is 5.84 Å². The minimum Gasteiger partial charge on any atom is -0.257 e. The lowest BCUT2D eigenvalue weighted by molar-refractivity contribution is 0.504. The molecule has 4 nitrogen and oxygen atoms in total. The van der Waals surface area contributed by atoms with E-state index in [2.05, 4.69) is 5.84 Å². The van der Waals surface area contributed by atoms with E-state index in [4.69, 9.17) is 0 Å². The fourth-order valence-electron chi connectivity index (χ4n) is 0.712. The molecule has 0 heterocycles. The van der Waals surface area contributed by atoms with Gasteiger partial charge in [-0.25, -0.2) is 17.2 Å². The molecule has 13 heavy (non-hydrogen) atoms. The van der Waals surface area contributed by atoms with E-state index in [0.29, 0.717) is 12.1 Å². The van der Waals surface area contributed by atoms with E-state index in [1.54, 1.807) is 0 Å². The molecule has 0 fully saturated rings. The van der Waals surface area contributed by atoms with Crippen molar-refractivity contribution in [1.29, 1.82) is 0 Å². The van der Waals surface area contributed by atoms with Crippen molar-refractivity contribution in [1.82, 2.24) is 4.83 Å². The molecule has 0 aliphatic carbocycles. The average molecular weight is 208 g/mol. The minimum atomic E-state index is -3.92. The van der Waals surface area contributed by atoms with Crippen molar-refractivity contribution in [3.05, 3.63) is 29.8 Å². The van der Waals surface area contributed by atoms with Crippen molar-refractivity contribution >= 4 is 10.0 Å². The van der Waals surface area contributed by atoms with Gasteiger partial charge in [0.1, 0.15) is 0 Å². The lowest BCUT2D eigenvalue weighted by Gasteiger charge is -2.01. The molecule has 7 heteroatoms. The van der Waals surface area contributed by atoms with Crippen LogP contribution >= 0.6 is 0 Å². The predicted octanol–water partition coefficient (Wildman–Crippen LogP) is 0.117. The van der Waals surface area contributed by atoms with Crippen molar-refractivity contribution in [2.75, 3.05) is 0 Å². The number of hydrazine groups is 1. The van der Waals surface area contributed by atoms with Gasteiger partial charge in [-0.15, -0.1) is 0 Å². The molecule has 1 rings (SSSR count). The van der Waals surface area contributed by atoms with Crippen LogP contribution in [-0.4, -0.2) is 8.42 Å². The van der Waals surface area contributed by atoms with Crippen molar-refractivity contribution in [3.63, 3.8) is 0 Å². The van der Waals surface area contributed by atoms with E-state index in [-0.39, 0.29) is 0 Å². The van der Waals surface area contributed by atoms with Gasteiger partial charge in [0, 0.05) is 0 Å². The van der Waals surface area contributed by atoms with Crippen LogP contribution in [0, 0.1) is 11.6 Å². The Morgan fingerprint density at radius 1 is 1.23 bits per heavy atom. The van der Waals surface area contributed by atoms with E-state index in [1.807, 2.05) is 0 Å². The van der Waals surface area contributed by atoms with Crippen LogP contribution < -0.4 is 10.7 Å². The monoisotopic (exact) mass is 208 g/mol. The van der Waals surface area contributed by atoms with Crippen LogP contribution in [-0.2, 0) is 10.0 Å². The molecule has 3 N–H and O–H groups in total. The number of halogens is 2. The molecule has 0 spiro atoms. The summed E-state index contributed by atoms with van der Waals surface area (Å²) in [5.41, 5.74) is 0. The molecule has 72 valence electrons. The van der Waals surface area contributed by atoms with Crippen LogP contribution in [0.5, 0.6) is 0 Å².